The fraction of sp³-hybridized carbons (Fsp3) is 0.222. The lowest BCUT2D eigenvalue weighted by molar-refractivity contribution is 0.164. The number of hydrogen-bond donors (Lipinski definition) is 2. The normalized spacial score (nSPS) is 13.7. The van der Waals surface area contributed by atoms with Crippen LogP contribution in [-0.2, 0) is 7.05 Å². The molecule has 0 atom stereocenters. The summed E-state index contributed by atoms with van der Waals surface area (Å²) in [4.78, 5) is 42.5. The lowest BCUT2D eigenvalue weighted by Crippen LogP contribution is -2.48. The third-order valence-electron chi connectivity index (χ3n) is 6.20. The molecule has 11 heteroatoms. The molecule has 0 bridgehead atoms. The standard InChI is InChI=1S/C27H28N8O3/c1-33-12-14-35(15-13-33)27(37)32-24-16-20(10-11-28-24)38-21-8-9-23(29-17-21)22-18-30-26(34(2)25(22)36)31-19-6-4-3-5-7-19/h3-11,16-18H,12-15H2,1-2H3,(H,30,31)(H,28,32,37). The summed E-state index contributed by atoms with van der Waals surface area (Å²) in [6, 6.07) is 16.1. The van der Waals surface area contributed by atoms with E-state index in [-0.39, 0.29) is 11.6 Å². The van der Waals surface area contributed by atoms with Crippen molar-refractivity contribution in [3.8, 4) is 22.8 Å². The van der Waals surface area contributed by atoms with E-state index in [4.69, 9.17) is 4.74 Å². The number of amides is 2. The number of rotatable bonds is 6. The lowest BCUT2D eigenvalue weighted by Gasteiger charge is -2.32. The number of pyridine rings is 2. The summed E-state index contributed by atoms with van der Waals surface area (Å²) in [7, 11) is 3.70. The fourth-order valence-corrected chi connectivity index (χ4v) is 3.96. The Morgan fingerprint density at radius 2 is 1.68 bits per heavy atom. The molecule has 0 aliphatic carbocycles. The van der Waals surface area contributed by atoms with Gasteiger partial charge in [-0.15, -0.1) is 0 Å². The molecule has 4 heterocycles. The van der Waals surface area contributed by atoms with Crippen LogP contribution in [0, 0.1) is 0 Å². The molecular weight excluding hydrogens is 484 g/mol. The predicted octanol–water partition coefficient (Wildman–Crippen LogP) is 3.55. The van der Waals surface area contributed by atoms with E-state index in [1.807, 2.05) is 37.4 Å². The van der Waals surface area contributed by atoms with Crippen LogP contribution in [0.2, 0.25) is 0 Å². The molecule has 1 aliphatic heterocycles. The Balaban J connectivity index is 1.25. The Labute approximate surface area is 219 Å². The lowest BCUT2D eigenvalue weighted by atomic mass is 10.2. The second kappa shape index (κ2) is 11.1. The molecule has 0 radical (unpaired) electrons. The second-order valence-electron chi connectivity index (χ2n) is 8.93. The molecule has 2 N–H and O–H groups in total. The van der Waals surface area contributed by atoms with E-state index < -0.39 is 0 Å². The summed E-state index contributed by atoms with van der Waals surface area (Å²) in [5.41, 5.74) is 1.46. The number of benzene rings is 1. The van der Waals surface area contributed by atoms with Gasteiger partial charge in [0.1, 0.15) is 17.3 Å². The van der Waals surface area contributed by atoms with Gasteiger partial charge in [-0.2, -0.15) is 0 Å². The quantitative estimate of drug-likeness (QED) is 0.403. The van der Waals surface area contributed by atoms with E-state index >= 15 is 0 Å². The minimum Gasteiger partial charge on any atom is -0.456 e. The second-order valence-corrected chi connectivity index (χ2v) is 8.93. The number of aromatic nitrogens is 4. The minimum atomic E-state index is -0.227. The van der Waals surface area contributed by atoms with E-state index in [9.17, 15) is 9.59 Å². The van der Waals surface area contributed by atoms with Crippen molar-refractivity contribution >= 4 is 23.5 Å². The van der Waals surface area contributed by atoms with Crippen molar-refractivity contribution in [3.05, 3.63) is 83.5 Å². The van der Waals surface area contributed by atoms with Crippen LogP contribution in [0.15, 0.2) is 78.0 Å². The highest BCUT2D eigenvalue weighted by Crippen LogP contribution is 2.24. The molecule has 2 amide bonds. The van der Waals surface area contributed by atoms with Crippen molar-refractivity contribution in [2.75, 3.05) is 43.9 Å². The van der Waals surface area contributed by atoms with Gasteiger partial charge >= 0.3 is 6.03 Å². The van der Waals surface area contributed by atoms with E-state index in [1.54, 1.807) is 42.4 Å². The number of nitrogens with zero attached hydrogens (tertiary/aromatic N) is 6. The highest BCUT2D eigenvalue weighted by atomic mass is 16.5. The summed E-state index contributed by atoms with van der Waals surface area (Å²) in [5.74, 6) is 1.80. The molecule has 5 rings (SSSR count). The number of anilines is 3. The first-order valence-electron chi connectivity index (χ1n) is 12.2. The Kier molecular flexibility index (Phi) is 7.27. The van der Waals surface area contributed by atoms with E-state index in [0.29, 0.717) is 47.6 Å². The fourth-order valence-electron chi connectivity index (χ4n) is 3.96. The number of carbonyl (C=O) groups excluding carboxylic acids is 1. The van der Waals surface area contributed by atoms with Crippen molar-refractivity contribution in [1.82, 2.24) is 29.3 Å². The van der Waals surface area contributed by atoms with Crippen molar-refractivity contribution < 1.29 is 9.53 Å². The van der Waals surface area contributed by atoms with Gasteiger partial charge in [0, 0.05) is 57.4 Å². The summed E-state index contributed by atoms with van der Waals surface area (Å²) in [6.07, 6.45) is 4.61. The molecule has 1 fully saturated rings. The summed E-state index contributed by atoms with van der Waals surface area (Å²) in [6.45, 7) is 3.01. The number of carbonyl (C=O) groups is 1. The largest absolute Gasteiger partial charge is 0.456 e. The molecule has 0 unspecified atom stereocenters. The van der Waals surface area contributed by atoms with Crippen LogP contribution in [0.3, 0.4) is 0 Å². The average molecular weight is 513 g/mol. The van der Waals surface area contributed by atoms with Crippen LogP contribution >= 0.6 is 0 Å². The van der Waals surface area contributed by atoms with Gasteiger partial charge in [0.05, 0.1) is 17.5 Å². The molecular formula is C27H28N8O3. The van der Waals surface area contributed by atoms with Gasteiger partial charge in [-0.05, 0) is 37.4 Å². The van der Waals surface area contributed by atoms with Crippen LogP contribution in [0.1, 0.15) is 0 Å². The first-order chi connectivity index (χ1) is 18.5. The van der Waals surface area contributed by atoms with E-state index in [0.717, 1.165) is 18.8 Å². The van der Waals surface area contributed by atoms with Gasteiger partial charge in [-0.1, -0.05) is 18.2 Å². The number of para-hydroxylation sites is 1. The van der Waals surface area contributed by atoms with Crippen molar-refractivity contribution in [2.45, 2.75) is 0 Å². The summed E-state index contributed by atoms with van der Waals surface area (Å²) < 4.78 is 7.36. The molecule has 1 aromatic carbocycles. The van der Waals surface area contributed by atoms with Crippen molar-refractivity contribution in [1.29, 1.82) is 0 Å². The van der Waals surface area contributed by atoms with E-state index in [2.05, 4.69) is 30.5 Å². The maximum absolute atomic E-state index is 13.0. The minimum absolute atomic E-state index is 0.186. The molecule has 1 saturated heterocycles. The van der Waals surface area contributed by atoms with Gasteiger partial charge in [-0.25, -0.2) is 14.8 Å². The summed E-state index contributed by atoms with van der Waals surface area (Å²) >= 11 is 0. The van der Waals surface area contributed by atoms with Crippen LogP contribution in [-0.4, -0.2) is 68.6 Å². The third kappa shape index (κ3) is 5.79. The zero-order valence-corrected chi connectivity index (χ0v) is 21.2. The van der Waals surface area contributed by atoms with Crippen LogP contribution in [0.25, 0.3) is 11.3 Å². The Bertz CT molecular complexity index is 1470. The first-order valence-corrected chi connectivity index (χ1v) is 12.2. The average Bonchev–Trinajstić information content (AvgIpc) is 2.93. The van der Waals surface area contributed by atoms with Crippen LogP contribution in [0.5, 0.6) is 11.5 Å². The maximum Gasteiger partial charge on any atom is 0.323 e. The van der Waals surface area contributed by atoms with Crippen LogP contribution in [0.4, 0.5) is 22.2 Å². The SMILES string of the molecule is CN1CCN(C(=O)Nc2cc(Oc3ccc(-c4cnc(Nc5ccccc5)n(C)c4=O)nc3)ccn2)CC1. The van der Waals surface area contributed by atoms with Gasteiger partial charge in [0.25, 0.3) is 5.56 Å². The molecule has 38 heavy (non-hydrogen) atoms. The van der Waals surface area contributed by atoms with Crippen molar-refractivity contribution in [2.24, 2.45) is 7.05 Å². The number of piperazine rings is 1. The molecule has 194 valence electrons. The zero-order valence-electron chi connectivity index (χ0n) is 21.2. The van der Waals surface area contributed by atoms with Gasteiger partial charge in [0.2, 0.25) is 5.95 Å². The maximum atomic E-state index is 13.0. The Morgan fingerprint density at radius 1 is 0.895 bits per heavy atom. The van der Waals surface area contributed by atoms with Gasteiger partial charge in [0.15, 0.2) is 0 Å². The number of hydrogen-bond acceptors (Lipinski definition) is 8. The van der Waals surface area contributed by atoms with E-state index in [1.165, 1.54) is 17.0 Å². The topological polar surface area (TPSA) is 118 Å². The molecule has 1 aliphatic rings. The first kappa shape index (κ1) is 24.9. The highest BCUT2D eigenvalue weighted by molar-refractivity contribution is 5.88. The monoisotopic (exact) mass is 512 g/mol. The predicted molar refractivity (Wildman–Crippen MR) is 145 cm³/mol. The number of likely N-dealkylation sites (N-methyl/N-ethyl adjacent to an activating group) is 1. The molecule has 0 spiro atoms. The number of urea groups is 1. The smallest absolute Gasteiger partial charge is 0.323 e. The summed E-state index contributed by atoms with van der Waals surface area (Å²) in [5, 5.41) is 5.97. The highest BCUT2D eigenvalue weighted by Gasteiger charge is 2.19. The van der Waals surface area contributed by atoms with Crippen molar-refractivity contribution in [3.63, 3.8) is 0 Å². The molecule has 4 aromatic rings. The zero-order chi connectivity index (χ0) is 26.5. The molecule has 3 aromatic heterocycles. The Morgan fingerprint density at radius 3 is 2.42 bits per heavy atom. The van der Waals surface area contributed by atoms with Gasteiger partial charge in [-0.3, -0.25) is 19.7 Å². The molecule has 0 saturated carbocycles. The Hall–Kier alpha value is -4.77. The number of ether oxygens (including phenoxy) is 1. The number of nitrogens with one attached hydrogen (secondary N) is 2. The van der Waals surface area contributed by atoms with Gasteiger partial charge < -0.3 is 19.9 Å². The van der Waals surface area contributed by atoms with Crippen LogP contribution < -0.4 is 20.9 Å². The molecule has 11 nitrogen and oxygen atoms in total. The third-order valence-corrected chi connectivity index (χ3v) is 6.20.